The first kappa shape index (κ1) is 16.9. The van der Waals surface area contributed by atoms with Gasteiger partial charge >= 0.3 is 0 Å². The van der Waals surface area contributed by atoms with Gasteiger partial charge in [-0.25, -0.2) is 0 Å². The van der Waals surface area contributed by atoms with Gasteiger partial charge in [-0.3, -0.25) is 4.79 Å². The van der Waals surface area contributed by atoms with Crippen LogP contribution >= 0.6 is 11.6 Å². The average Bonchev–Trinajstić information content (AvgIpc) is 2.53. The molecule has 1 heterocycles. The third-order valence-corrected chi connectivity index (χ3v) is 4.00. The number of hydrogen-bond acceptors (Lipinski definition) is 4. The molecule has 0 saturated carbocycles. The molecule has 0 aliphatic carbocycles. The number of hydrogen-bond donors (Lipinski definition) is 0. The summed E-state index contributed by atoms with van der Waals surface area (Å²) in [5, 5.41) is 0.408. The van der Waals surface area contributed by atoms with Crippen LogP contribution in [0.5, 0.6) is 11.5 Å². The van der Waals surface area contributed by atoms with Gasteiger partial charge in [-0.05, 0) is 25.6 Å². The Hall–Kier alpha value is -1.46. The van der Waals surface area contributed by atoms with Gasteiger partial charge in [0, 0.05) is 31.7 Å². The quantitative estimate of drug-likeness (QED) is 0.834. The molecule has 1 saturated heterocycles. The molecular weight excluding hydrogens is 304 g/mol. The van der Waals surface area contributed by atoms with Crippen molar-refractivity contribution in [1.82, 2.24) is 9.80 Å². The SMILES string of the molecule is CCCOc1c(Cl)cc(C(=O)N2CCN(C)CC2)cc1OC. The van der Waals surface area contributed by atoms with Crippen molar-refractivity contribution < 1.29 is 14.3 Å². The molecule has 1 aromatic rings. The molecule has 6 heteroatoms. The Morgan fingerprint density at radius 1 is 1.27 bits per heavy atom. The first-order valence-electron chi connectivity index (χ1n) is 7.55. The van der Waals surface area contributed by atoms with Gasteiger partial charge in [0.1, 0.15) is 0 Å². The highest BCUT2D eigenvalue weighted by Crippen LogP contribution is 2.36. The van der Waals surface area contributed by atoms with Gasteiger partial charge in [0.15, 0.2) is 11.5 Å². The lowest BCUT2D eigenvalue weighted by atomic mass is 10.1. The molecule has 22 heavy (non-hydrogen) atoms. The molecule has 0 radical (unpaired) electrons. The van der Waals surface area contributed by atoms with Crippen molar-refractivity contribution in [2.45, 2.75) is 13.3 Å². The Bertz CT molecular complexity index is 528. The minimum absolute atomic E-state index is 0.0182. The summed E-state index contributed by atoms with van der Waals surface area (Å²) in [4.78, 5) is 16.7. The van der Waals surface area contributed by atoms with Crippen molar-refractivity contribution in [3.8, 4) is 11.5 Å². The fraction of sp³-hybridized carbons (Fsp3) is 0.562. The van der Waals surface area contributed by atoms with E-state index in [1.165, 1.54) is 0 Å². The number of benzene rings is 1. The molecule has 1 aliphatic heterocycles. The summed E-state index contributed by atoms with van der Waals surface area (Å²) in [6, 6.07) is 3.37. The third-order valence-electron chi connectivity index (χ3n) is 3.72. The zero-order chi connectivity index (χ0) is 16.1. The van der Waals surface area contributed by atoms with Gasteiger partial charge in [-0.2, -0.15) is 0 Å². The minimum Gasteiger partial charge on any atom is -0.493 e. The molecule has 5 nitrogen and oxygen atoms in total. The Morgan fingerprint density at radius 2 is 1.95 bits per heavy atom. The molecule has 1 fully saturated rings. The number of rotatable bonds is 5. The molecule has 2 rings (SSSR count). The first-order chi connectivity index (χ1) is 10.6. The molecule has 122 valence electrons. The molecule has 0 N–H and O–H groups in total. The smallest absolute Gasteiger partial charge is 0.254 e. The monoisotopic (exact) mass is 326 g/mol. The molecule has 0 atom stereocenters. The highest BCUT2D eigenvalue weighted by atomic mass is 35.5. The van der Waals surface area contributed by atoms with E-state index in [-0.39, 0.29) is 5.91 Å². The second-order valence-corrected chi connectivity index (χ2v) is 5.84. The molecule has 1 amide bonds. The summed E-state index contributed by atoms with van der Waals surface area (Å²) in [6.45, 7) is 5.79. The van der Waals surface area contributed by atoms with Gasteiger partial charge in [-0.15, -0.1) is 0 Å². The number of likely N-dealkylation sites (N-methyl/N-ethyl adjacent to an activating group) is 1. The number of carbonyl (C=O) groups excluding carboxylic acids is 1. The maximum Gasteiger partial charge on any atom is 0.254 e. The summed E-state index contributed by atoms with van der Waals surface area (Å²) in [5.74, 6) is 0.981. The Kier molecular flexibility index (Phi) is 5.91. The van der Waals surface area contributed by atoms with E-state index in [2.05, 4.69) is 11.9 Å². The number of piperazine rings is 1. The summed E-state index contributed by atoms with van der Waals surface area (Å²) >= 11 is 6.27. The van der Waals surface area contributed by atoms with Crippen LogP contribution in [-0.2, 0) is 0 Å². The molecule has 1 aromatic carbocycles. The third kappa shape index (κ3) is 3.84. The van der Waals surface area contributed by atoms with Crippen LogP contribution in [-0.4, -0.2) is 62.7 Å². The fourth-order valence-corrected chi connectivity index (χ4v) is 2.64. The van der Waals surface area contributed by atoms with E-state index in [1.807, 2.05) is 11.8 Å². The topological polar surface area (TPSA) is 42.0 Å². The Morgan fingerprint density at radius 3 is 2.55 bits per heavy atom. The fourth-order valence-electron chi connectivity index (χ4n) is 2.38. The largest absolute Gasteiger partial charge is 0.493 e. The van der Waals surface area contributed by atoms with E-state index < -0.39 is 0 Å². The Labute approximate surface area is 136 Å². The van der Waals surface area contributed by atoms with Crippen molar-refractivity contribution in [3.05, 3.63) is 22.7 Å². The zero-order valence-electron chi connectivity index (χ0n) is 13.4. The van der Waals surface area contributed by atoms with Crippen molar-refractivity contribution in [2.24, 2.45) is 0 Å². The van der Waals surface area contributed by atoms with E-state index in [9.17, 15) is 4.79 Å². The maximum atomic E-state index is 12.6. The number of methoxy groups -OCH3 is 1. The van der Waals surface area contributed by atoms with Crippen molar-refractivity contribution in [1.29, 1.82) is 0 Å². The van der Waals surface area contributed by atoms with E-state index >= 15 is 0 Å². The van der Waals surface area contributed by atoms with Crippen molar-refractivity contribution in [2.75, 3.05) is 46.9 Å². The van der Waals surface area contributed by atoms with Crippen LogP contribution in [0.1, 0.15) is 23.7 Å². The van der Waals surface area contributed by atoms with Crippen LogP contribution in [0, 0.1) is 0 Å². The van der Waals surface area contributed by atoms with Gasteiger partial charge in [-0.1, -0.05) is 18.5 Å². The lowest BCUT2D eigenvalue weighted by Gasteiger charge is -2.32. The number of amides is 1. The second-order valence-electron chi connectivity index (χ2n) is 5.43. The van der Waals surface area contributed by atoms with Crippen LogP contribution in [0.15, 0.2) is 12.1 Å². The second kappa shape index (κ2) is 7.70. The summed E-state index contributed by atoms with van der Waals surface area (Å²) in [6.07, 6.45) is 0.876. The first-order valence-corrected chi connectivity index (χ1v) is 7.92. The molecule has 0 aromatic heterocycles. The number of ether oxygens (including phenoxy) is 2. The predicted molar refractivity (Wildman–Crippen MR) is 87.2 cm³/mol. The summed E-state index contributed by atoms with van der Waals surface area (Å²) in [5.41, 5.74) is 0.537. The molecule has 0 bridgehead atoms. The highest BCUT2D eigenvalue weighted by molar-refractivity contribution is 6.32. The van der Waals surface area contributed by atoms with Crippen LogP contribution in [0.3, 0.4) is 0 Å². The summed E-state index contributed by atoms with van der Waals surface area (Å²) in [7, 11) is 3.61. The van der Waals surface area contributed by atoms with Crippen molar-refractivity contribution >= 4 is 17.5 Å². The van der Waals surface area contributed by atoms with Crippen LogP contribution in [0.25, 0.3) is 0 Å². The normalized spacial score (nSPS) is 15.7. The standard InChI is InChI=1S/C16H23ClN2O3/c1-4-9-22-15-13(17)10-12(11-14(15)21-3)16(20)19-7-5-18(2)6-8-19/h10-11H,4-9H2,1-3H3. The molecular formula is C16H23ClN2O3. The van der Waals surface area contributed by atoms with E-state index in [0.29, 0.717) is 28.7 Å². The number of halogens is 1. The number of nitrogens with zero attached hydrogens (tertiary/aromatic N) is 2. The maximum absolute atomic E-state index is 12.6. The average molecular weight is 327 g/mol. The van der Waals surface area contributed by atoms with Crippen molar-refractivity contribution in [3.63, 3.8) is 0 Å². The predicted octanol–water partition coefficient (Wildman–Crippen LogP) is 2.53. The van der Waals surface area contributed by atoms with E-state index in [1.54, 1.807) is 19.2 Å². The highest BCUT2D eigenvalue weighted by Gasteiger charge is 2.23. The molecule has 0 unspecified atom stereocenters. The van der Waals surface area contributed by atoms with Crippen LogP contribution < -0.4 is 9.47 Å². The lowest BCUT2D eigenvalue weighted by Crippen LogP contribution is -2.47. The Balaban J connectivity index is 2.20. The minimum atomic E-state index is -0.0182. The van der Waals surface area contributed by atoms with Gasteiger partial charge in [0.2, 0.25) is 0 Å². The van der Waals surface area contributed by atoms with Gasteiger partial charge in [0.25, 0.3) is 5.91 Å². The summed E-state index contributed by atoms with van der Waals surface area (Å²) < 4.78 is 10.9. The molecule has 0 spiro atoms. The van der Waals surface area contributed by atoms with E-state index in [4.69, 9.17) is 21.1 Å². The zero-order valence-corrected chi connectivity index (χ0v) is 14.2. The van der Waals surface area contributed by atoms with E-state index in [0.717, 1.165) is 32.6 Å². The van der Waals surface area contributed by atoms with Crippen LogP contribution in [0.4, 0.5) is 0 Å². The number of carbonyl (C=O) groups is 1. The van der Waals surface area contributed by atoms with Gasteiger partial charge in [0.05, 0.1) is 18.7 Å². The van der Waals surface area contributed by atoms with Crippen LogP contribution in [0.2, 0.25) is 5.02 Å². The lowest BCUT2D eigenvalue weighted by molar-refractivity contribution is 0.0663. The van der Waals surface area contributed by atoms with Gasteiger partial charge < -0.3 is 19.3 Å². The molecule has 1 aliphatic rings.